The molecule has 12 heteroatoms. The molecule has 1 aromatic heterocycles. The number of morpholine rings is 1. The van der Waals surface area contributed by atoms with E-state index in [1.807, 2.05) is 43.0 Å². The maximum absolute atomic E-state index is 14.2. The molecule has 1 amide bonds. The van der Waals surface area contributed by atoms with Gasteiger partial charge in [0.1, 0.15) is 29.4 Å². The first-order valence-corrected chi connectivity index (χ1v) is 19.0. The van der Waals surface area contributed by atoms with Crippen molar-refractivity contribution < 1.29 is 32.6 Å². The van der Waals surface area contributed by atoms with Crippen molar-refractivity contribution in [2.24, 2.45) is 0 Å². The molecule has 3 aromatic carbocycles. The van der Waals surface area contributed by atoms with Crippen molar-refractivity contribution in [3.05, 3.63) is 125 Å². The number of thioether (sulfide) groups is 1. The van der Waals surface area contributed by atoms with E-state index in [4.69, 9.17) is 14.2 Å². The van der Waals surface area contributed by atoms with Crippen molar-refractivity contribution >= 4 is 23.6 Å². The molecule has 1 fully saturated rings. The first kappa shape index (κ1) is 39.1. The number of rotatable bonds is 18. The van der Waals surface area contributed by atoms with E-state index >= 15 is 0 Å². The number of ether oxygens (including phenoxy) is 3. The van der Waals surface area contributed by atoms with Crippen LogP contribution in [0.15, 0.2) is 85.5 Å². The van der Waals surface area contributed by atoms with Crippen molar-refractivity contribution in [2.75, 3.05) is 44.9 Å². The van der Waals surface area contributed by atoms with Crippen LogP contribution in [0.1, 0.15) is 59.0 Å². The molecule has 1 unspecified atom stereocenters. The highest BCUT2D eigenvalue weighted by atomic mass is 32.2. The normalized spacial score (nSPS) is 14.9. The molecule has 0 saturated carbocycles. The SMILES string of the molecule is CSCC[C@H](NC(=O)c1cc(COC(Cn2ccnc2)c2ccc(F)cc2)ccc1CCc1ccc(F)cc1)C(=O)OC(C)(C)CN1CCOCC1. The Hall–Kier alpha value is -4.10. The van der Waals surface area contributed by atoms with E-state index in [0.717, 1.165) is 35.3 Å². The third kappa shape index (κ3) is 12.0. The molecule has 0 spiro atoms. The average molecular weight is 735 g/mol. The minimum atomic E-state index is -0.855. The van der Waals surface area contributed by atoms with E-state index in [-0.39, 0.29) is 18.2 Å². The number of carbonyl (C=O) groups is 2. The molecule has 0 aliphatic carbocycles. The van der Waals surface area contributed by atoms with Gasteiger partial charge in [0.2, 0.25) is 0 Å². The van der Waals surface area contributed by atoms with Gasteiger partial charge >= 0.3 is 5.97 Å². The van der Waals surface area contributed by atoms with Crippen LogP contribution in [0.2, 0.25) is 0 Å². The van der Waals surface area contributed by atoms with Gasteiger partial charge in [-0.3, -0.25) is 9.69 Å². The number of esters is 1. The van der Waals surface area contributed by atoms with E-state index in [2.05, 4.69) is 15.2 Å². The molecule has 4 aromatic rings. The van der Waals surface area contributed by atoms with Crippen molar-refractivity contribution in [3.63, 3.8) is 0 Å². The van der Waals surface area contributed by atoms with Crippen LogP contribution in [0.25, 0.3) is 0 Å². The maximum Gasteiger partial charge on any atom is 0.329 e. The number of nitrogens with one attached hydrogen (secondary N) is 1. The monoisotopic (exact) mass is 734 g/mol. The number of hydrogen-bond acceptors (Lipinski definition) is 8. The van der Waals surface area contributed by atoms with Crippen molar-refractivity contribution in [1.29, 1.82) is 0 Å². The van der Waals surface area contributed by atoms with Gasteiger partial charge in [0.05, 0.1) is 32.7 Å². The second-order valence-corrected chi connectivity index (χ2v) is 14.6. The van der Waals surface area contributed by atoms with E-state index < -0.39 is 29.6 Å². The molecule has 2 heterocycles. The average Bonchev–Trinajstić information content (AvgIpc) is 3.65. The third-order valence-corrected chi connectivity index (χ3v) is 9.57. The summed E-state index contributed by atoms with van der Waals surface area (Å²) in [6.45, 7) is 7.77. The maximum atomic E-state index is 14.2. The quantitative estimate of drug-likeness (QED) is 0.117. The zero-order chi connectivity index (χ0) is 36.9. The summed E-state index contributed by atoms with van der Waals surface area (Å²) < 4.78 is 47.1. The molecule has 278 valence electrons. The van der Waals surface area contributed by atoms with Crippen LogP contribution in [0, 0.1) is 11.6 Å². The van der Waals surface area contributed by atoms with E-state index in [1.165, 1.54) is 24.3 Å². The van der Waals surface area contributed by atoms with Crippen molar-refractivity contribution in [3.8, 4) is 0 Å². The molecule has 0 bridgehead atoms. The number of hydrogen-bond donors (Lipinski definition) is 1. The molecule has 1 N–H and O–H groups in total. The number of amides is 1. The molecular weight excluding hydrogens is 687 g/mol. The summed E-state index contributed by atoms with van der Waals surface area (Å²) in [6.07, 6.45) is 8.25. The standard InChI is InChI=1S/C40H48F2N4O5S/c1-40(2,27-45-19-21-49-22-20-45)51-39(48)36(16-23-52-3)44-38(47)35-24-30(5-9-31(35)8-4-29-6-12-33(41)13-7-29)26-50-37(25-46-18-17-43-28-46)32-10-14-34(42)15-11-32/h5-7,9-15,17-18,24,28,36-37H,4,8,16,19-23,25-27H2,1-3H3,(H,44,47)/t36-,37?/m0/s1. The van der Waals surface area contributed by atoms with Gasteiger partial charge in [0.15, 0.2) is 0 Å². The Balaban J connectivity index is 1.35. The number of aryl methyl sites for hydroxylation is 2. The van der Waals surface area contributed by atoms with Crippen LogP contribution < -0.4 is 5.32 Å². The van der Waals surface area contributed by atoms with Crippen molar-refractivity contribution in [1.82, 2.24) is 19.8 Å². The molecule has 0 radical (unpaired) electrons. The summed E-state index contributed by atoms with van der Waals surface area (Å²) in [6, 6.07) is 17.3. The molecule has 1 aliphatic heterocycles. The highest BCUT2D eigenvalue weighted by Crippen LogP contribution is 2.24. The lowest BCUT2D eigenvalue weighted by Crippen LogP contribution is -2.50. The fourth-order valence-corrected chi connectivity index (χ4v) is 6.65. The molecule has 9 nitrogen and oxygen atoms in total. The highest BCUT2D eigenvalue weighted by Gasteiger charge is 2.32. The topological polar surface area (TPSA) is 94.9 Å². The largest absolute Gasteiger partial charge is 0.457 e. The highest BCUT2D eigenvalue weighted by molar-refractivity contribution is 7.98. The molecule has 1 saturated heterocycles. The summed E-state index contributed by atoms with van der Waals surface area (Å²) in [5.41, 5.74) is 2.92. The lowest BCUT2D eigenvalue weighted by Gasteiger charge is -2.35. The van der Waals surface area contributed by atoms with Gasteiger partial charge < -0.3 is 24.1 Å². The van der Waals surface area contributed by atoms with Gasteiger partial charge in [-0.25, -0.2) is 18.6 Å². The first-order chi connectivity index (χ1) is 25.1. The van der Waals surface area contributed by atoms with Crippen LogP contribution in [-0.2, 0) is 45.0 Å². The Labute approximate surface area is 309 Å². The predicted octanol–water partition coefficient (Wildman–Crippen LogP) is 6.41. The number of halogens is 2. The first-order valence-electron chi connectivity index (χ1n) is 17.6. The smallest absolute Gasteiger partial charge is 0.329 e. The number of aromatic nitrogens is 2. The minimum absolute atomic E-state index is 0.170. The summed E-state index contributed by atoms with van der Waals surface area (Å²) in [7, 11) is 0. The fraction of sp³-hybridized carbons (Fsp3) is 0.425. The van der Waals surface area contributed by atoms with E-state index in [9.17, 15) is 18.4 Å². The second-order valence-electron chi connectivity index (χ2n) is 13.6. The van der Waals surface area contributed by atoms with Crippen LogP contribution in [0.5, 0.6) is 0 Å². The summed E-state index contributed by atoms with van der Waals surface area (Å²) >= 11 is 1.59. The number of benzene rings is 3. The van der Waals surface area contributed by atoms with Gasteiger partial charge in [-0.15, -0.1) is 0 Å². The zero-order valence-electron chi connectivity index (χ0n) is 30.1. The van der Waals surface area contributed by atoms with Gasteiger partial charge in [-0.1, -0.05) is 36.4 Å². The summed E-state index contributed by atoms with van der Waals surface area (Å²) in [5, 5.41) is 3.00. The Morgan fingerprint density at radius 3 is 2.35 bits per heavy atom. The lowest BCUT2D eigenvalue weighted by molar-refractivity contribution is -0.161. The van der Waals surface area contributed by atoms with Gasteiger partial charge in [-0.2, -0.15) is 11.8 Å². The predicted molar refractivity (Wildman–Crippen MR) is 198 cm³/mol. The summed E-state index contributed by atoms with van der Waals surface area (Å²) in [4.78, 5) is 34.2. The molecule has 2 atom stereocenters. The number of carbonyl (C=O) groups excluding carboxylic acids is 2. The fourth-order valence-electron chi connectivity index (χ4n) is 6.18. The third-order valence-electron chi connectivity index (χ3n) is 8.93. The second kappa shape index (κ2) is 19.1. The lowest BCUT2D eigenvalue weighted by atomic mass is 9.97. The summed E-state index contributed by atoms with van der Waals surface area (Å²) in [5.74, 6) is -0.862. The Morgan fingerprint density at radius 2 is 1.67 bits per heavy atom. The van der Waals surface area contributed by atoms with Gasteiger partial charge in [0, 0.05) is 37.6 Å². The van der Waals surface area contributed by atoms with Gasteiger partial charge in [-0.05, 0) is 97.7 Å². The van der Waals surface area contributed by atoms with Crippen LogP contribution in [-0.4, -0.2) is 82.8 Å². The molecule has 5 rings (SSSR count). The Bertz CT molecular complexity index is 1720. The van der Waals surface area contributed by atoms with Crippen molar-refractivity contribution in [2.45, 2.75) is 64.0 Å². The van der Waals surface area contributed by atoms with Crippen LogP contribution in [0.4, 0.5) is 8.78 Å². The van der Waals surface area contributed by atoms with Crippen LogP contribution >= 0.6 is 11.8 Å². The number of nitrogens with zero attached hydrogens (tertiary/aromatic N) is 3. The Morgan fingerprint density at radius 1 is 0.981 bits per heavy atom. The van der Waals surface area contributed by atoms with E-state index in [0.29, 0.717) is 56.9 Å². The zero-order valence-corrected chi connectivity index (χ0v) is 30.9. The molecule has 1 aliphatic rings. The van der Waals surface area contributed by atoms with Gasteiger partial charge in [0.25, 0.3) is 5.91 Å². The van der Waals surface area contributed by atoms with E-state index in [1.54, 1.807) is 54.6 Å². The van der Waals surface area contributed by atoms with Crippen LogP contribution in [0.3, 0.4) is 0 Å². The Kier molecular flexibility index (Phi) is 14.4. The molecule has 52 heavy (non-hydrogen) atoms. The minimum Gasteiger partial charge on any atom is -0.457 e. The molecular formula is C40H48F2N4O5S. The number of imidazole rings is 1.